The molecule has 0 amide bonds. The number of aliphatic hydroxyl groups excluding tert-OH is 1. The summed E-state index contributed by atoms with van der Waals surface area (Å²) < 4.78 is 38.0. The first kappa shape index (κ1) is 14.6. The van der Waals surface area contributed by atoms with Crippen molar-refractivity contribution in [1.82, 2.24) is 0 Å². The molecule has 0 aliphatic heterocycles. The SMILES string of the molecule is Cc1cc(C(F)(F)F)ccc1C(O)c1cc2c(s1)CCC2. The van der Waals surface area contributed by atoms with E-state index in [1.165, 1.54) is 16.5 Å². The smallest absolute Gasteiger partial charge is 0.383 e. The number of benzene rings is 1. The third kappa shape index (κ3) is 2.72. The lowest BCUT2D eigenvalue weighted by atomic mass is 9.99. The number of alkyl halides is 3. The van der Waals surface area contributed by atoms with Gasteiger partial charge in [-0.1, -0.05) is 6.07 Å². The van der Waals surface area contributed by atoms with Gasteiger partial charge in [-0.3, -0.25) is 0 Å². The second-order valence-corrected chi connectivity index (χ2v) is 6.59. The minimum absolute atomic E-state index is 0.464. The molecule has 1 aromatic carbocycles. The Labute approximate surface area is 125 Å². The molecule has 1 aliphatic carbocycles. The highest BCUT2D eigenvalue weighted by molar-refractivity contribution is 7.12. The summed E-state index contributed by atoms with van der Waals surface area (Å²) in [5.41, 5.74) is 1.61. The molecule has 2 aromatic rings. The topological polar surface area (TPSA) is 20.2 Å². The number of hydrogen-bond acceptors (Lipinski definition) is 2. The van der Waals surface area contributed by atoms with Crippen LogP contribution < -0.4 is 0 Å². The van der Waals surface area contributed by atoms with Gasteiger partial charge in [0, 0.05) is 9.75 Å². The van der Waals surface area contributed by atoms with Crippen LogP contribution in [-0.4, -0.2) is 5.11 Å². The Balaban J connectivity index is 1.92. The van der Waals surface area contributed by atoms with Gasteiger partial charge in [-0.15, -0.1) is 11.3 Å². The number of aliphatic hydroxyl groups is 1. The van der Waals surface area contributed by atoms with Crippen molar-refractivity contribution in [2.75, 3.05) is 0 Å². The van der Waals surface area contributed by atoms with Gasteiger partial charge >= 0.3 is 6.18 Å². The molecule has 1 aromatic heterocycles. The van der Waals surface area contributed by atoms with Crippen LogP contribution >= 0.6 is 11.3 Å². The van der Waals surface area contributed by atoms with Crippen LogP contribution in [0, 0.1) is 6.92 Å². The van der Waals surface area contributed by atoms with Gasteiger partial charge < -0.3 is 5.11 Å². The number of fused-ring (bicyclic) bond motifs is 1. The lowest BCUT2D eigenvalue weighted by Gasteiger charge is -2.15. The van der Waals surface area contributed by atoms with Gasteiger partial charge in [-0.25, -0.2) is 0 Å². The van der Waals surface area contributed by atoms with E-state index >= 15 is 0 Å². The van der Waals surface area contributed by atoms with E-state index in [2.05, 4.69) is 0 Å². The van der Waals surface area contributed by atoms with Crippen molar-refractivity contribution in [2.45, 2.75) is 38.5 Å². The lowest BCUT2D eigenvalue weighted by molar-refractivity contribution is -0.137. The molecule has 3 rings (SSSR count). The van der Waals surface area contributed by atoms with Crippen molar-refractivity contribution in [1.29, 1.82) is 0 Å². The lowest BCUT2D eigenvalue weighted by Crippen LogP contribution is -2.07. The zero-order chi connectivity index (χ0) is 15.2. The fourth-order valence-corrected chi connectivity index (χ4v) is 4.06. The highest BCUT2D eigenvalue weighted by atomic mass is 32.1. The van der Waals surface area contributed by atoms with Gasteiger partial charge in [0.05, 0.1) is 5.56 Å². The number of rotatable bonds is 2. The number of thiophene rings is 1. The van der Waals surface area contributed by atoms with Crippen molar-refractivity contribution >= 4 is 11.3 Å². The molecule has 0 saturated heterocycles. The molecule has 0 spiro atoms. The maximum atomic E-state index is 12.7. The highest BCUT2D eigenvalue weighted by Gasteiger charge is 2.31. The molecule has 0 fully saturated rings. The minimum atomic E-state index is -4.35. The van der Waals surface area contributed by atoms with Crippen LogP contribution in [0.4, 0.5) is 13.2 Å². The normalized spacial score (nSPS) is 16.0. The fraction of sp³-hybridized carbons (Fsp3) is 0.375. The zero-order valence-electron chi connectivity index (χ0n) is 11.5. The van der Waals surface area contributed by atoms with Gasteiger partial charge in [-0.05, 0) is 61.1 Å². The Kier molecular flexibility index (Phi) is 3.58. The predicted octanol–water partition coefficient (Wildman–Crippen LogP) is 4.65. The molecule has 0 saturated carbocycles. The monoisotopic (exact) mass is 312 g/mol. The third-order valence-corrected chi connectivity index (χ3v) is 5.22. The van der Waals surface area contributed by atoms with Crippen LogP contribution in [0.5, 0.6) is 0 Å². The Morgan fingerprint density at radius 3 is 2.57 bits per heavy atom. The average Bonchev–Trinajstić information content (AvgIpc) is 2.97. The fourth-order valence-electron chi connectivity index (χ4n) is 2.80. The molecule has 112 valence electrons. The summed E-state index contributed by atoms with van der Waals surface area (Å²) in [6.45, 7) is 1.61. The van der Waals surface area contributed by atoms with Gasteiger partial charge in [0.1, 0.15) is 6.10 Å². The molecule has 5 heteroatoms. The van der Waals surface area contributed by atoms with Crippen LogP contribution in [0.25, 0.3) is 0 Å². The summed E-state index contributed by atoms with van der Waals surface area (Å²) in [5, 5.41) is 10.5. The van der Waals surface area contributed by atoms with Gasteiger partial charge in [-0.2, -0.15) is 13.2 Å². The van der Waals surface area contributed by atoms with E-state index in [0.29, 0.717) is 11.1 Å². The molecule has 1 heterocycles. The predicted molar refractivity (Wildman–Crippen MR) is 76.6 cm³/mol. The van der Waals surface area contributed by atoms with Gasteiger partial charge in [0.15, 0.2) is 0 Å². The van der Waals surface area contributed by atoms with Crippen LogP contribution in [0.2, 0.25) is 0 Å². The molecular formula is C16H15F3OS. The molecule has 0 bridgehead atoms. The molecule has 21 heavy (non-hydrogen) atoms. The van der Waals surface area contributed by atoms with Gasteiger partial charge in [0.2, 0.25) is 0 Å². The minimum Gasteiger partial charge on any atom is -0.383 e. The van der Waals surface area contributed by atoms with Crippen molar-refractivity contribution < 1.29 is 18.3 Å². The van der Waals surface area contributed by atoms with Crippen molar-refractivity contribution in [3.63, 3.8) is 0 Å². The molecule has 1 atom stereocenters. The summed E-state index contributed by atoms with van der Waals surface area (Å²) in [6.07, 6.45) is -1.97. The molecular weight excluding hydrogens is 297 g/mol. The first-order valence-corrected chi connectivity index (χ1v) is 7.65. The first-order valence-electron chi connectivity index (χ1n) is 6.83. The van der Waals surface area contributed by atoms with E-state index in [9.17, 15) is 18.3 Å². The Bertz CT molecular complexity index is 651. The quantitative estimate of drug-likeness (QED) is 0.856. The zero-order valence-corrected chi connectivity index (χ0v) is 12.3. The van der Waals surface area contributed by atoms with E-state index < -0.39 is 17.8 Å². The van der Waals surface area contributed by atoms with Crippen molar-refractivity contribution in [2.24, 2.45) is 0 Å². The van der Waals surface area contributed by atoms with E-state index in [4.69, 9.17) is 0 Å². The maximum Gasteiger partial charge on any atom is 0.416 e. The van der Waals surface area contributed by atoms with Crippen molar-refractivity contribution in [3.8, 4) is 0 Å². The Hall–Kier alpha value is -1.33. The molecule has 1 aliphatic rings. The van der Waals surface area contributed by atoms with E-state index in [1.807, 2.05) is 6.07 Å². The second-order valence-electron chi connectivity index (χ2n) is 5.42. The van der Waals surface area contributed by atoms with Crippen LogP contribution in [0.3, 0.4) is 0 Å². The summed E-state index contributed by atoms with van der Waals surface area (Å²) in [4.78, 5) is 2.12. The molecule has 1 unspecified atom stereocenters. The number of halogens is 3. The number of aryl methyl sites for hydroxylation is 3. The molecule has 1 N–H and O–H groups in total. The van der Waals surface area contributed by atoms with Crippen LogP contribution in [0.1, 0.15) is 44.5 Å². The molecule has 1 nitrogen and oxygen atoms in total. The van der Waals surface area contributed by atoms with E-state index in [-0.39, 0.29) is 0 Å². The van der Waals surface area contributed by atoms with Crippen LogP contribution in [-0.2, 0) is 19.0 Å². The average molecular weight is 312 g/mol. The summed E-state index contributed by atoms with van der Waals surface area (Å²) >= 11 is 1.57. The summed E-state index contributed by atoms with van der Waals surface area (Å²) in [6, 6.07) is 5.51. The van der Waals surface area contributed by atoms with Crippen molar-refractivity contribution in [3.05, 3.63) is 56.3 Å². The Morgan fingerprint density at radius 1 is 1.19 bits per heavy atom. The second kappa shape index (κ2) is 5.14. The Morgan fingerprint density at radius 2 is 1.95 bits per heavy atom. The summed E-state index contributed by atoms with van der Waals surface area (Å²) in [7, 11) is 0. The standard InChI is InChI=1S/C16H15F3OS/c1-9-7-11(16(17,18)19)5-6-12(9)15(20)14-8-10-3-2-4-13(10)21-14/h5-8,15,20H,2-4H2,1H3. The van der Waals surface area contributed by atoms with E-state index in [0.717, 1.165) is 36.3 Å². The van der Waals surface area contributed by atoms with E-state index in [1.54, 1.807) is 18.3 Å². The summed E-state index contributed by atoms with van der Waals surface area (Å²) in [5.74, 6) is 0. The molecule has 0 radical (unpaired) electrons. The van der Waals surface area contributed by atoms with Crippen LogP contribution in [0.15, 0.2) is 24.3 Å². The maximum absolute atomic E-state index is 12.7. The highest BCUT2D eigenvalue weighted by Crippen LogP contribution is 2.38. The third-order valence-electron chi connectivity index (χ3n) is 3.93. The number of hydrogen-bond donors (Lipinski definition) is 1. The van der Waals surface area contributed by atoms with Gasteiger partial charge in [0.25, 0.3) is 0 Å². The largest absolute Gasteiger partial charge is 0.416 e. The first-order chi connectivity index (χ1) is 9.86.